The Kier molecular flexibility index (Phi) is 5.13. The fourth-order valence-electron chi connectivity index (χ4n) is 2.44. The van der Waals surface area contributed by atoms with Crippen molar-refractivity contribution < 1.29 is 28.7 Å². The molecule has 0 N–H and O–H groups in total. The van der Waals surface area contributed by atoms with Crippen LogP contribution >= 0.6 is 11.6 Å². The molecule has 0 spiro atoms. The van der Waals surface area contributed by atoms with Crippen molar-refractivity contribution in [2.24, 2.45) is 0 Å². The third-order valence-corrected chi connectivity index (χ3v) is 3.92. The number of hydrogen-bond donors (Lipinski definition) is 0. The Morgan fingerprint density at radius 3 is 2.77 bits per heavy atom. The van der Waals surface area contributed by atoms with Crippen LogP contribution in [-0.4, -0.2) is 31.2 Å². The van der Waals surface area contributed by atoms with Crippen LogP contribution in [0.4, 0.5) is 5.69 Å². The van der Waals surface area contributed by atoms with E-state index in [4.69, 9.17) is 30.5 Å². The zero-order valence-corrected chi connectivity index (χ0v) is 14.4. The van der Waals surface area contributed by atoms with E-state index in [-0.39, 0.29) is 23.6 Å². The van der Waals surface area contributed by atoms with Gasteiger partial charge < -0.3 is 18.9 Å². The van der Waals surface area contributed by atoms with Crippen LogP contribution in [0.1, 0.15) is 15.9 Å². The van der Waals surface area contributed by atoms with E-state index in [0.717, 1.165) is 6.07 Å². The summed E-state index contributed by atoms with van der Waals surface area (Å²) in [7, 11) is 1.31. The Morgan fingerprint density at radius 2 is 2.04 bits per heavy atom. The van der Waals surface area contributed by atoms with Gasteiger partial charge in [0.15, 0.2) is 17.2 Å². The van der Waals surface area contributed by atoms with Gasteiger partial charge in [-0.25, -0.2) is 4.79 Å². The number of carbonyl (C=O) groups is 1. The maximum atomic E-state index is 12.2. The molecule has 8 nitrogen and oxygen atoms in total. The maximum absolute atomic E-state index is 12.2. The number of halogens is 1. The first-order valence-corrected chi connectivity index (χ1v) is 7.95. The van der Waals surface area contributed by atoms with Gasteiger partial charge in [0.05, 0.1) is 22.6 Å². The normalized spacial score (nSPS) is 12.4. The summed E-state index contributed by atoms with van der Waals surface area (Å²) in [6, 6.07) is 7.13. The van der Waals surface area contributed by atoms with Gasteiger partial charge in [-0.2, -0.15) is 0 Å². The molecule has 0 amide bonds. The highest BCUT2D eigenvalue weighted by Gasteiger charge is 2.20. The van der Waals surface area contributed by atoms with E-state index in [1.807, 2.05) is 0 Å². The maximum Gasteiger partial charge on any atom is 0.338 e. The van der Waals surface area contributed by atoms with E-state index in [0.29, 0.717) is 35.3 Å². The number of fused-ring (bicyclic) bond motifs is 1. The lowest BCUT2D eigenvalue weighted by atomic mass is 10.2. The average molecular weight is 380 g/mol. The van der Waals surface area contributed by atoms with Gasteiger partial charge in [0.1, 0.15) is 19.8 Å². The highest BCUT2D eigenvalue weighted by atomic mass is 35.5. The fourth-order valence-corrected chi connectivity index (χ4v) is 2.73. The molecule has 1 aliphatic heterocycles. The molecule has 9 heteroatoms. The quantitative estimate of drug-likeness (QED) is 0.446. The number of nitrogens with zero attached hydrogens (tertiary/aromatic N) is 1. The third-order valence-electron chi connectivity index (χ3n) is 3.64. The first-order chi connectivity index (χ1) is 12.5. The molecule has 0 aliphatic carbocycles. The first-order valence-electron chi connectivity index (χ1n) is 7.57. The Morgan fingerprint density at radius 1 is 1.27 bits per heavy atom. The monoisotopic (exact) mass is 379 g/mol. The van der Waals surface area contributed by atoms with Crippen LogP contribution in [0.25, 0.3) is 0 Å². The SMILES string of the molecule is COc1ccc(C(=O)OCc2cc(Cl)c3c(c2)OCCO3)cc1[N+](=O)[O-]. The minimum atomic E-state index is -0.707. The summed E-state index contributed by atoms with van der Waals surface area (Å²) in [5, 5.41) is 11.4. The smallest absolute Gasteiger partial charge is 0.338 e. The predicted octanol–water partition coefficient (Wildman–Crippen LogP) is 3.39. The zero-order chi connectivity index (χ0) is 18.7. The molecule has 1 aliphatic rings. The molecule has 0 fully saturated rings. The Hall–Kier alpha value is -3.00. The number of methoxy groups -OCH3 is 1. The second-order valence-corrected chi connectivity index (χ2v) is 5.73. The molecule has 0 unspecified atom stereocenters. The fraction of sp³-hybridized carbons (Fsp3) is 0.235. The van der Waals surface area contributed by atoms with Crippen LogP contribution in [0, 0.1) is 10.1 Å². The molecule has 1 heterocycles. The molecule has 136 valence electrons. The van der Waals surface area contributed by atoms with Crippen LogP contribution < -0.4 is 14.2 Å². The number of rotatable bonds is 5. The van der Waals surface area contributed by atoms with Crippen molar-refractivity contribution in [3.05, 3.63) is 56.6 Å². The zero-order valence-electron chi connectivity index (χ0n) is 13.7. The number of ether oxygens (including phenoxy) is 4. The summed E-state index contributed by atoms with van der Waals surface area (Å²) in [5.41, 5.74) is 0.334. The summed E-state index contributed by atoms with van der Waals surface area (Å²) in [6.07, 6.45) is 0. The van der Waals surface area contributed by atoms with Crippen molar-refractivity contribution in [2.45, 2.75) is 6.61 Å². The van der Waals surface area contributed by atoms with E-state index in [1.54, 1.807) is 12.1 Å². The van der Waals surface area contributed by atoms with Crippen LogP contribution in [0.2, 0.25) is 5.02 Å². The van der Waals surface area contributed by atoms with Crippen molar-refractivity contribution in [3.63, 3.8) is 0 Å². The van der Waals surface area contributed by atoms with Gasteiger partial charge in [-0.1, -0.05) is 11.6 Å². The Balaban J connectivity index is 1.74. The van der Waals surface area contributed by atoms with Gasteiger partial charge in [-0.05, 0) is 29.8 Å². The van der Waals surface area contributed by atoms with Gasteiger partial charge in [0.25, 0.3) is 0 Å². The molecular formula is C17H14ClNO7. The lowest BCUT2D eigenvalue weighted by Gasteiger charge is -2.20. The molecule has 0 saturated heterocycles. The van der Waals surface area contributed by atoms with Crippen LogP contribution in [0.5, 0.6) is 17.2 Å². The van der Waals surface area contributed by atoms with Gasteiger partial charge in [0.2, 0.25) is 0 Å². The molecule has 0 atom stereocenters. The average Bonchev–Trinajstić information content (AvgIpc) is 2.65. The number of esters is 1. The van der Waals surface area contributed by atoms with Crippen molar-refractivity contribution >= 4 is 23.3 Å². The molecule has 0 bridgehead atoms. The van der Waals surface area contributed by atoms with Crippen molar-refractivity contribution in [1.29, 1.82) is 0 Å². The van der Waals surface area contributed by atoms with Gasteiger partial charge in [0, 0.05) is 6.07 Å². The van der Waals surface area contributed by atoms with E-state index >= 15 is 0 Å². The lowest BCUT2D eigenvalue weighted by Crippen LogP contribution is -2.16. The minimum absolute atomic E-state index is 0.0427. The highest BCUT2D eigenvalue weighted by Crippen LogP contribution is 2.38. The number of nitro groups is 1. The number of nitro benzene ring substituents is 1. The Bertz CT molecular complexity index is 868. The molecule has 2 aromatic rings. The topological polar surface area (TPSA) is 97.1 Å². The molecule has 26 heavy (non-hydrogen) atoms. The number of benzene rings is 2. The molecule has 0 saturated carbocycles. The molecule has 0 radical (unpaired) electrons. The first kappa shape index (κ1) is 17.8. The molecule has 2 aromatic carbocycles. The molecule has 0 aromatic heterocycles. The molecular weight excluding hydrogens is 366 g/mol. The molecule has 3 rings (SSSR count). The number of carbonyl (C=O) groups excluding carboxylic acids is 1. The van der Waals surface area contributed by atoms with Gasteiger partial charge >= 0.3 is 11.7 Å². The van der Waals surface area contributed by atoms with Gasteiger partial charge in [-0.15, -0.1) is 0 Å². The van der Waals surface area contributed by atoms with E-state index < -0.39 is 10.9 Å². The van der Waals surface area contributed by atoms with Gasteiger partial charge in [-0.3, -0.25) is 10.1 Å². The van der Waals surface area contributed by atoms with Crippen molar-refractivity contribution in [3.8, 4) is 17.2 Å². The summed E-state index contributed by atoms with van der Waals surface area (Å²) >= 11 is 6.13. The largest absolute Gasteiger partial charge is 0.490 e. The van der Waals surface area contributed by atoms with Crippen molar-refractivity contribution in [2.75, 3.05) is 20.3 Å². The van der Waals surface area contributed by atoms with Crippen molar-refractivity contribution in [1.82, 2.24) is 0 Å². The summed E-state index contributed by atoms with van der Waals surface area (Å²) in [4.78, 5) is 22.6. The summed E-state index contributed by atoms with van der Waals surface area (Å²) < 4.78 is 21.0. The van der Waals surface area contributed by atoms with E-state index in [9.17, 15) is 14.9 Å². The summed E-state index contributed by atoms with van der Waals surface area (Å²) in [6.45, 7) is 0.744. The number of hydrogen-bond acceptors (Lipinski definition) is 7. The van der Waals surface area contributed by atoms with Crippen LogP contribution in [-0.2, 0) is 11.3 Å². The second-order valence-electron chi connectivity index (χ2n) is 5.32. The van der Waals surface area contributed by atoms with E-state index in [2.05, 4.69) is 0 Å². The standard InChI is InChI=1S/C17H14ClNO7/c1-23-14-3-2-11(8-13(14)19(21)22)17(20)26-9-10-6-12(18)16-15(7-10)24-4-5-25-16/h2-3,6-8H,4-5,9H2,1H3. The lowest BCUT2D eigenvalue weighted by molar-refractivity contribution is -0.385. The van der Waals surface area contributed by atoms with Crippen LogP contribution in [0.3, 0.4) is 0 Å². The van der Waals surface area contributed by atoms with Crippen LogP contribution in [0.15, 0.2) is 30.3 Å². The van der Waals surface area contributed by atoms with E-state index in [1.165, 1.54) is 19.2 Å². The third kappa shape index (κ3) is 3.65. The second kappa shape index (κ2) is 7.49. The summed E-state index contributed by atoms with van der Waals surface area (Å²) in [5.74, 6) is 0.292. The predicted molar refractivity (Wildman–Crippen MR) is 91.2 cm³/mol. The minimum Gasteiger partial charge on any atom is -0.490 e. The Labute approximate surface area is 153 Å². The highest BCUT2D eigenvalue weighted by molar-refractivity contribution is 6.32.